The molecule has 3 aromatic rings. The first-order valence-corrected chi connectivity index (χ1v) is 7.98. The van der Waals surface area contributed by atoms with E-state index < -0.39 is 11.9 Å². The Balaban J connectivity index is 1.39. The largest absolute Gasteiger partial charge is 0.460 e. The average molecular weight is 365 g/mol. The molecule has 26 heavy (non-hydrogen) atoms. The van der Waals surface area contributed by atoms with Gasteiger partial charge in [0.2, 0.25) is 0 Å². The lowest BCUT2D eigenvalue weighted by Gasteiger charge is -2.32. The van der Waals surface area contributed by atoms with Gasteiger partial charge in [0.1, 0.15) is 18.2 Å². The third kappa shape index (κ3) is 3.37. The smallest absolute Gasteiger partial charge is 0.433 e. The van der Waals surface area contributed by atoms with Crippen LogP contribution < -0.4 is 9.64 Å². The van der Waals surface area contributed by atoms with Gasteiger partial charge in [-0.2, -0.15) is 22.7 Å². The molecule has 4 heterocycles. The maximum absolute atomic E-state index is 12.7. The quantitative estimate of drug-likeness (QED) is 0.702. The lowest BCUT2D eigenvalue weighted by atomic mass is 10.1. The maximum atomic E-state index is 12.7. The standard InChI is InChI=1S/C15H14F3N7O/c16-15(17,18)11-3-6-19-14(21-11)26-10-4-7-24(8-5-10)13-2-1-12-22-20-9-25(12)23-13/h1-3,6,9-10H,4-5,7-8H2. The predicted molar refractivity (Wildman–Crippen MR) is 83.7 cm³/mol. The van der Waals surface area contributed by atoms with Crippen molar-refractivity contribution in [3.63, 3.8) is 0 Å². The molecular formula is C15H14F3N7O. The second kappa shape index (κ2) is 6.39. The van der Waals surface area contributed by atoms with Crippen molar-refractivity contribution in [2.45, 2.75) is 25.1 Å². The van der Waals surface area contributed by atoms with Crippen LogP contribution in [0.2, 0.25) is 0 Å². The lowest BCUT2D eigenvalue weighted by Crippen LogP contribution is -2.39. The van der Waals surface area contributed by atoms with Crippen molar-refractivity contribution in [3.05, 3.63) is 36.4 Å². The van der Waals surface area contributed by atoms with Crippen molar-refractivity contribution in [2.75, 3.05) is 18.0 Å². The zero-order valence-corrected chi connectivity index (χ0v) is 13.5. The van der Waals surface area contributed by atoms with Gasteiger partial charge in [-0.05, 0) is 18.2 Å². The van der Waals surface area contributed by atoms with E-state index in [9.17, 15) is 13.2 Å². The molecule has 0 spiro atoms. The first-order chi connectivity index (χ1) is 12.5. The highest BCUT2D eigenvalue weighted by atomic mass is 19.4. The highest BCUT2D eigenvalue weighted by molar-refractivity contribution is 5.45. The summed E-state index contributed by atoms with van der Waals surface area (Å²) in [5.74, 6) is 0.783. The predicted octanol–water partition coefficient (Wildman–Crippen LogP) is 1.98. The number of nitrogens with zero attached hydrogens (tertiary/aromatic N) is 7. The summed E-state index contributed by atoms with van der Waals surface area (Å²) in [4.78, 5) is 9.29. The molecule has 1 saturated heterocycles. The number of hydrogen-bond acceptors (Lipinski definition) is 7. The van der Waals surface area contributed by atoms with Crippen LogP contribution in [0, 0.1) is 0 Å². The van der Waals surface area contributed by atoms with Crippen LogP contribution >= 0.6 is 0 Å². The van der Waals surface area contributed by atoms with Crippen LogP contribution in [0.5, 0.6) is 6.01 Å². The van der Waals surface area contributed by atoms with Gasteiger partial charge in [-0.25, -0.2) is 4.98 Å². The fourth-order valence-electron chi connectivity index (χ4n) is 2.79. The number of aromatic nitrogens is 6. The van der Waals surface area contributed by atoms with Crippen molar-refractivity contribution >= 4 is 11.5 Å². The zero-order chi connectivity index (χ0) is 18.1. The van der Waals surface area contributed by atoms with Gasteiger partial charge in [0.15, 0.2) is 11.3 Å². The van der Waals surface area contributed by atoms with E-state index in [4.69, 9.17) is 4.74 Å². The van der Waals surface area contributed by atoms with Crippen LogP contribution in [0.1, 0.15) is 18.5 Å². The van der Waals surface area contributed by atoms with E-state index in [1.165, 1.54) is 6.33 Å². The second-order valence-corrected chi connectivity index (χ2v) is 5.85. The number of rotatable bonds is 3. The van der Waals surface area contributed by atoms with Gasteiger partial charge >= 0.3 is 12.2 Å². The van der Waals surface area contributed by atoms with Crippen molar-refractivity contribution in [1.82, 2.24) is 29.8 Å². The molecule has 1 aliphatic heterocycles. The molecule has 0 N–H and O–H groups in total. The van der Waals surface area contributed by atoms with Crippen LogP contribution in [0.4, 0.5) is 19.0 Å². The fraction of sp³-hybridized carbons (Fsp3) is 0.400. The Labute approximate surface area is 145 Å². The van der Waals surface area contributed by atoms with Crippen LogP contribution in [-0.4, -0.2) is 49.0 Å². The minimum absolute atomic E-state index is 0.242. The molecule has 1 aliphatic rings. The Morgan fingerprint density at radius 1 is 1.12 bits per heavy atom. The van der Waals surface area contributed by atoms with Gasteiger partial charge in [-0.1, -0.05) is 0 Å². The van der Waals surface area contributed by atoms with Gasteiger partial charge in [0, 0.05) is 32.1 Å². The summed E-state index contributed by atoms with van der Waals surface area (Å²) in [7, 11) is 0. The molecule has 0 aliphatic carbocycles. The van der Waals surface area contributed by atoms with E-state index in [0.29, 0.717) is 31.6 Å². The molecule has 1 fully saturated rings. The van der Waals surface area contributed by atoms with Gasteiger partial charge in [0.25, 0.3) is 0 Å². The summed E-state index contributed by atoms with van der Waals surface area (Å²) >= 11 is 0. The zero-order valence-electron chi connectivity index (χ0n) is 13.5. The molecule has 0 radical (unpaired) electrons. The highest BCUT2D eigenvalue weighted by Gasteiger charge is 2.33. The summed E-state index contributed by atoms with van der Waals surface area (Å²) in [6, 6.07) is 4.26. The van der Waals surface area contributed by atoms with Gasteiger partial charge in [-0.15, -0.1) is 15.3 Å². The number of alkyl halides is 3. The normalized spacial score (nSPS) is 16.2. The average Bonchev–Trinajstić information content (AvgIpc) is 3.10. The van der Waals surface area contributed by atoms with Crippen molar-refractivity contribution in [2.24, 2.45) is 0 Å². The Bertz CT molecular complexity index is 905. The third-order valence-electron chi connectivity index (χ3n) is 4.11. The molecule has 0 aromatic carbocycles. The van der Waals surface area contributed by atoms with Crippen LogP contribution in [0.25, 0.3) is 5.65 Å². The Morgan fingerprint density at radius 2 is 1.92 bits per heavy atom. The molecular weight excluding hydrogens is 351 g/mol. The summed E-state index contributed by atoms with van der Waals surface area (Å²) in [5.41, 5.74) is -0.347. The van der Waals surface area contributed by atoms with Crippen molar-refractivity contribution in [3.8, 4) is 6.01 Å². The van der Waals surface area contributed by atoms with Crippen LogP contribution in [-0.2, 0) is 6.18 Å². The molecule has 11 heteroatoms. The summed E-state index contributed by atoms with van der Waals surface area (Å²) in [6.45, 7) is 1.31. The van der Waals surface area contributed by atoms with Gasteiger partial charge in [0.05, 0.1) is 0 Å². The van der Waals surface area contributed by atoms with Crippen LogP contribution in [0.3, 0.4) is 0 Å². The third-order valence-corrected chi connectivity index (χ3v) is 4.11. The molecule has 0 atom stereocenters. The number of anilines is 1. The van der Waals surface area contributed by atoms with E-state index in [-0.39, 0.29) is 12.1 Å². The molecule has 3 aromatic heterocycles. The highest BCUT2D eigenvalue weighted by Crippen LogP contribution is 2.28. The Hall–Kier alpha value is -2.98. The van der Waals surface area contributed by atoms with E-state index in [1.807, 2.05) is 12.1 Å². The van der Waals surface area contributed by atoms with E-state index in [0.717, 1.165) is 18.1 Å². The van der Waals surface area contributed by atoms with Gasteiger partial charge in [-0.3, -0.25) is 0 Å². The second-order valence-electron chi connectivity index (χ2n) is 5.85. The minimum atomic E-state index is -4.52. The molecule has 4 rings (SSSR count). The van der Waals surface area contributed by atoms with Gasteiger partial charge < -0.3 is 9.64 Å². The SMILES string of the molecule is FC(F)(F)c1ccnc(OC2CCN(c3ccc4nncn4n3)CC2)n1. The van der Waals surface area contributed by atoms with E-state index in [1.54, 1.807) is 4.52 Å². The van der Waals surface area contributed by atoms with Crippen LogP contribution in [0.15, 0.2) is 30.7 Å². The topological polar surface area (TPSA) is 81.3 Å². The number of halogens is 3. The summed E-state index contributed by atoms with van der Waals surface area (Å²) in [6.07, 6.45) is -0.925. The number of ether oxygens (including phenoxy) is 1. The molecule has 0 bridgehead atoms. The Kier molecular flexibility index (Phi) is 4.05. The van der Waals surface area contributed by atoms with Crippen molar-refractivity contribution < 1.29 is 17.9 Å². The summed E-state index contributed by atoms with van der Waals surface area (Å²) in [5, 5.41) is 12.1. The number of fused-ring (bicyclic) bond motifs is 1. The molecule has 136 valence electrons. The molecule has 0 saturated carbocycles. The lowest BCUT2D eigenvalue weighted by molar-refractivity contribution is -0.141. The maximum Gasteiger partial charge on any atom is 0.433 e. The Morgan fingerprint density at radius 3 is 2.69 bits per heavy atom. The van der Waals surface area contributed by atoms with Crippen molar-refractivity contribution in [1.29, 1.82) is 0 Å². The number of hydrogen-bond donors (Lipinski definition) is 0. The fourth-order valence-corrected chi connectivity index (χ4v) is 2.79. The summed E-state index contributed by atoms with van der Waals surface area (Å²) < 4.78 is 45.2. The first kappa shape index (κ1) is 16.5. The molecule has 0 amide bonds. The number of piperidine rings is 1. The van der Waals surface area contributed by atoms with E-state index >= 15 is 0 Å². The first-order valence-electron chi connectivity index (χ1n) is 7.98. The molecule has 8 nitrogen and oxygen atoms in total. The van der Waals surface area contributed by atoms with E-state index in [2.05, 4.69) is 30.2 Å². The minimum Gasteiger partial charge on any atom is -0.460 e. The monoisotopic (exact) mass is 365 g/mol. The molecule has 0 unspecified atom stereocenters.